The number of hydrogen-bond donors (Lipinski definition) is 3. The van der Waals surface area contributed by atoms with Crippen molar-refractivity contribution in [1.82, 2.24) is 0 Å². The summed E-state index contributed by atoms with van der Waals surface area (Å²) in [6.45, 7) is 0. The number of carbonyl (C=O) groups is 2. The van der Waals surface area contributed by atoms with Crippen LogP contribution in [0.2, 0.25) is 10.0 Å². The molecule has 2 aromatic rings. The molecule has 1 atom stereocenters. The Morgan fingerprint density at radius 1 is 1.08 bits per heavy atom. The Morgan fingerprint density at radius 3 is 2.46 bits per heavy atom. The zero-order valence-corrected chi connectivity index (χ0v) is 13.7. The SMILES string of the molecule is O=C(O)C[C@H](Nc1cccc(F)c1)C(=O)Nc1ccc(Cl)c(Cl)c1. The zero-order valence-electron chi connectivity index (χ0n) is 12.2. The number of rotatable bonds is 6. The maximum atomic E-state index is 13.2. The van der Waals surface area contributed by atoms with Gasteiger partial charge in [0.25, 0.3) is 0 Å². The maximum Gasteiger partial charge on any atom is 0.305 e. The summed E-state index contributed by atoms with van der Waals surface area (Å²) < 4.78 is 13.2. The van der Waals surface area contributed by atoms with E-state index in [0.29, 0.717) is 16.4 Å². The summed E-state index contributed by atoms with van der Waals surface area (Å²) >= 11 is 11.7. The molecule has 0 spiro atoms. The number of nitrogens with one attached hydrogen (secondary N) is 2. The lowest BCUT2D eigenvalue weighted by molar-refractivity contribution is -0.138. The molecule has 0 aliphatic rings. The number of carboxylic acids is 1. The molecule has 0 saturated carbocycles. The van der Waals surface area contributed by atoms with Crippen LogP contribution in [0.3, 0.4) is 0 Å². The van der Waals surface area contributed by atoms with Gasteiger partial charge in [0.05, 0.1) is 16.5 Å². The number of carbonyl (C=O) groups excluding carboxylic acids is 1. The molecule has 0 saturated heterocycles. The number of carboxylic acid groups (broad SMARTS) is 1. The lowest BCUT2D eigenvalue weighted by atomic mass is 10.1. The quantitative estimate of drug-likeness (QED) is 0.717. The van der Waals surface area contributed by atoms with Crippen molar-refractivity contribution >= 4 is 46.5 Å². The van der Waals surface area contributed by atoms with Crippen LogP contribution in [0.15, 0.2) is 42.5 Å². The molecule has 0 aromatic heterocycles. The van der Waals surface area contributed by atoms with Crippen LogP contribution >= 0.6 is 23.2 Å². The lowest BCUT2D eigenvalue weighted by Crippen LogP contribution is -2.36. The van der Waals surface area contributed by atoms with Crippen molar-refractivity contribution in [2.75, 3.05) is 10.6 Å². The molecular formula is C16H13Cl2FN2O3. The number of amides is 1. The van der Waals surface area contributed by atoms with Crippen molar-refractivity contribution in [3.05, 3.63) is 58.3 Å². The van der Waals surface area contributed by atoms with Crippen LogP contribution in [0, 0.1) is 5.82 Å². The smallest absolute Gasteiger partial charge is 0.305 e. The molecular weight excluding hydrogens is 358 g/mol. The predicted octanol–water partition coefficient (Wildman–Crippen LogP) is 4.03. The average Bonchev–Trinajstić information content (AvgIpc) is 2.50. The normalized spacial score (nSPS) is 11.6. The molecule has 0 radical (unpaired) electrons. The first-order chi connectivity index (χ1) is 11.3. The minimum absolute atomic E-state index is 0.252. The molecule has 2 rings (SSSR count). The van der Waals surface area contributed by atoms with Gasteiger partial charge in [0.15, 0.2) is 0 Å². The van der Waals surface area contributed by atoms with Crippen LogP contribution < -0.4 is 10.6 Å². The van der Waals surface area contributed by atoms with Gasteiger partial charge in [0.2, 0.25) is 5.91 Å². The van der Waals surface area contributed by atoms with E-state index in [4.69, 9.17) is 28.3 Å². The molecule has 2 aromatic carbocycles. The molecule has 0 fully saturated rings. The van der Waals surface area contributed by atoms with Crippen molar-refractivity contribution in [3.8, 4) is 0 Å². The highest BCUT2D eigenvalue weighted by Gasteiger charge is 2.22. The number of anilines is 2. The molecule has 5 nitrogen and oxygen atoms in total. The largest absolute Gasteiger partial charge is 0.481 e. The van der Waals surface area contributed by atoms with Gasteiger partial charge in [-0.1, -0.05) is 29.3 Å². The third-order valence-corrected chi connectivity index (χ3v) is 3.79. The van der Waals surface area contributed by atoms with Gasteiger partial charge < -0.3 is 15.7 Å². The van der Waals surface area contributed by atoms with E-state index in [-0.39, 0.29) is 5.02 Å². The monoisotopic (exact) mass is 370 g/mol. The van der Waals surface area contributed by atoms with E-state index in [1.807, 2.05) is 0 Å². The van der Waals surface area contributed by atoms with Crippen LogP contribution in [-0.2, 0) is 9.59 Å². The second kappa shape index (κ2) is 7.99. The van der Waals surface area contributed by atoms with Crippen molar-refractivity contribution in [2.24, 2.45) is 0 Å². The first-order valence-corrected chi connectivity index (χ1v) is 7.60. The first-order valence-electron chi connectivity index (χ1n) is 6.85. The van der Waals surface area contributed by atoms with E-state index in [1.54, 1.807) is 0 Å². The molecule has 0 aliphatic carbocycles. The van der Waals surface area contributed by atoms with Crippen LogP contribution in [-0.4, -0.2) is 23.0 Å². The summed E-state index contributed by atoms with van der Waals surface area (Å²) in [7, 11) is 0. The number of hydrogen-bond acceptors (Lipinski definition) is 3. The van der Waals surface area contributed by atoms with Crippen LogP contribution in [0.1, 0.15) is 6.42 Å². The predicted molar refractivity (Wildman–Crippen MR) is 91.2 cm³/mol. The fraction of sp³-hybridized carbons (Fsp3) is 0.125. The topological polar surface area (TPSA) is 78.4 Å². The van der Waals surface area contributed by atoms with Gasteiger partial charge >= 0.3 is 5.97 Å². The summed E-state index contributed by atoms with van der Waals surface area (Å²) in [5.41, 5.74) is 0.663. The number of aliphatic carboxylic acids is 1. The Bertz CT molecular complexity index is 771. The van der Waals surface area contributed by atoms with Crippen molar-refractivity contribution in [1.29, 1.82) is 0 Å². The van der Waals surface area contributed by atoms with E-state index in [2.05, 4.69) is 10.6 Å². The Labute approximate surface area is 147 Å². The van der Waals surface area contributed by atoms with Gasteiger partial charge in [-0.25, -0.2) is 4.39 Å². The van der Waals surface area contributed by atoms with Gasteiger partial charge in [-0.15, -0.1) is 0 Å². The third kappa shape index (κ3) is 5.11. The molecule has 126 valence electrons. The Morgan fingerprint density at radius 2 is 1.83 bits per heavy atom. The fourth-order valence-corrected chi connectivity index (χ4v) is 2.26. The molecule has 8 heteroatoms. The minimum atomic E-state index is -1.17. The zero-order chi connectivity index (χ0) is 17.7. The molecule has 1 amide bonds. The summed E-state index contributed by atoms with van der Waals surface area (Å²) in [4.78, 5) is 23.3. The summed E-state index contributed by atoms with van der Waals surface area (Å²) in [6.07, 6.45) is -0.482. The van der Waals surface area contributed by atoms with E-state index >= 15 is 0 Å². The Hall–Kier alpha value is -2.31. The molecule has 24 heavy (non-hydrogen) atoms. The highest BCUT2D eigenvalue weighted by molar-refractivity contribution is 6.42. The summed E-state index contributed by atoms with van der Waals surface area (Å²) in [6, 6.07) is 8.78. The minimum Gasteiger partial charge on any atom is -0.481 e. The van der Waals surface area contributed by atoms with Gasteiger partial charge in [-0.05, 0) is 36.4 Å². The molecule has 0 aliphatic heterocycles. The van der Waals surface area contributed by atoms with Crippen LogP contribution in [0.25, 0.3) is 0 Å². The van der Waals surface area contributed by atoms with Gasteiger partial charge in [0, 0.05) is 11.4 Å². The standard InChI is InChI=1S/C16H13Cl2FN2O3/c17-12-5-4-11(7-13(12)18)21-16(24)14(8-15(22)23)20-10-3-1-2-9(19)6-10/h1-7,14,20H,8H2,(H,21,24)(H,22,23)/t14-/m0/s1. The first kappa shape index (κ1) is 18.0. The van der Waals surface area contributed by atoms with Crippen LogP contribution in [0.5, 0.6) is 0 Å². The second-order valence-electron chi connectivity index (χ2n) is 4.92. The molecule has 3 N–H and O–H groups in total. The van der Waals surface area contributed by atoms with E-state index in [9.17, 15) is 14.0 Å². The Kier molecular flexibility index (Phi) is 6.00. The van der Waals surface area contributed by atoms with E-state index < -0.39 is 30.2 Å². The van der Waals surface area contributed by atoms with E-state index in [1.165, 1.54) is 42.5 Å². The van der Waals surface area contributed by atoms with Crippen molar-refractivity contribution in [2.45, 2.75) is 12.5 Å². The summed E-state index contributed by atoms with van der Waals surface area (Å²) in [5, 5.41) is 14.8. The Balaban J connectivity index is 2.15. The van der Waals surface area contributed by atoms with Gasteiger partial charge in [-0.3, -0.25) is 9.59 Å². The highest BCUT2D eigenvalue weighted by Crippen LogP contribution is 2.25. The fourth-order valence-electron chi connectivity index (χ4n) is 1.97. The molecule has 0 unspecified atom stereocenters. The third-order valence-electron chi connectivity index (χ3n) is 3.05. The van der Waals surface area contributed by atoms with Crippen molar-refractivity contribution < 1.29 is 19.1 Å². The highest BCUT2D eigenvalue weighted by atomic mass is 35.5. The van der Waals surface area contributed by atoms with Crippen LogP contribution in [0.4, 0.5) is 15.8 Å². The van der Waals surface area contributed by atoms with Crippen molar-refractivity contribution in [3.63, 3.8) is 0 Å². The van der Waals surface area contributed by atoms with E-state index in [0.717, 1.165) is 0 Å². The number of benzene rings is 2. The average molecular weight is 371 g/mol. The lowest BCUT2D eigenvalue weighted by Gasteiger charge is -2.18. The van der Waals surface area contributed by atoms with Gasteiger partial charge in [0.1, 0.15) is 11.9 Å². The number of halogens is 3. The molecule has 0 heterocycles. The molecule has 0 bridgehead atoms. The summed E-state index contributed by atoms with van der Waals surface area (Å²) in [5.74, 6) is -2.27. The second-order valence-corrected chi connectivity index (χ2v) is 5.74. The van der Waals surface area contributed by atoms with Gasteiger partial charge in [-0.2, -0.15) is 0 Å². The maximum absolute atomic E-state index is 13.2.